The fourth-order valence-electron chi connectivity index (χ4n) is 2.85. The third-order valence-electron chi connectivity index (χ3n) is 4.41. The lowest BCUT2D eigenvalue weighted by Gasteiger charge is -2.07. The molecule has 4 rings (SSSR count). The molecule has 0 aliphatic carbocycles. The lowest BCUT2D eigenvalue weighted by molar-refractivity contribution is -0.384. The minimum Gasteiger partial charge on any atom is -0.308 e. The number of nitro groups is 1. The van der Waals surface area contributed by atoms with E-state index in [0.29, 0.717) is 11.4 Å². The van der Waals surface area contributed by atoms with Gasteiger partial charge in [0.05, 0.1) is 4.92 Å². The van der Waals surface area contributed by atoms with Crippen LogP contribution in [0.5, 0.6) is 0 Å². The van der Waals surface area contributed by atoms with Crippen molar-refractivity contribution in [2.24, 2.45) is 0 Å². The van der Waals surface area contributed by atoms with Crippen molar-refractivity contribution in [2.45, 2.75) is 0 Å². The van der Waals surface area contributed by atoms with Crippen LogP contribution in [0.2, 0.25) is 0 Å². The number of urea groups is 2. The minimum atomic E-state index is -0.514. The maximum atomic E-state index is 11.7. The normalized spacial score (nSPS) is 9.60. The highest BCUT2D eigenvalue weighted by atomic mass is 16.6. The molecule has 9 nitrogen and oxygen atoms in total. The third-order valence-corrected chi connectivity index (χ3v) is 4.41. The number of amides is 4. The highest BCUT2D eigenvalue weighted by Gasteiger charge is 2.08. The molecule has 0 atom stereocenters. The first-order valence-corrected chi connectivity index (χ1v) is 10.6. The standard InChI is InChI=1S/C13H11N3O3.C13H12N2O/c17-13(14-10-5-2-1-3-6-10)15-11-7-4-8-12(9-11)16(18)19;16-13(14-11-7-3-1-4-8-11)15-12-9-5-2-6-10-12/h1-9H,(H2,14,15,17);1-10H,(H2,14,15,16). The number of nitrogens with one attached hydrogen (secondary N) is 4. The number of hydrogen-bond acceptors (Lipinski definition) is 4. The van der Waals surface area contributed by atoms with Gasteiger partial charge in [-0.05, 0) is 42.5 Å². The zero-order valence-electron chi connectivity index (χ0n) is 18.5. The van der Waals surface area contributed by atoms with Crippen molar-refractivity contribution in [3.63, 3.8) is 0 Å². The van der Waals surface area contributed by atoms with Crippen LogP contribution in [0.25, 0.3) is 0 Å². The van der Waals surface area contributed by atoms with Gasteiger partial charge in [-0.15, -0.1) is 0 Å². The van der Waals surface area contributed by atoms with Crippen molar-refractivity contribution < 1.29 is 14.5 Å². The van der Waals surface area contributed by atoms with Crippen LogP contribution in [0, 0.1) is 10.1 Å². The summed E-state index contributed by atoms with van der Waals surface area (Å²) in [6.45, 7) is 0. The van der Waals surface area contributed by atoms with Crippen molar-refractivity contribution >= 4 is 40.5 Å². The Balaban J connectivity index is 0.000000198. The predicted octanol–water partition coefficient (Wildman–Crippen LogP) is 6.57. The van der Waals surface area contributed by atoms with Crippen molar-refractivity contribution in [1.82, 2.24) is 0 Å². The van der Waals surface area contributed by atoms with E-state index in [0.717, 1.165) is 11.4 Å². The van der Waals surface area contributed by atoms with Gasteiger partial charge in [0.25, 0.3) is 5.69 Å². The van der Waals surface area contributed by atoms with Crippen LogP contribution >= 0.6 is 0 Å². The SMILES string of the molecule is O=C(Nc1ccccc1)Nc1cccc([N+](=O)[O-])c1.O=C(Nc1ccccc1)Nc1ccccc1. The first kappa shape index (κ1) is 24.5. The number of benzene rings is 4. The van der Waals surface area contributed by atoms with Gasteiger partial charge in [-0.1, -0.05) is 60.7 Å². The second-order valence-corrected chi connectivity index (χ2v) is 7.06. The summed E-state index contributed by atoms with van der Waals surface area (Å²) in [6.07, 6.45) is 0. The van der Waals surface area contributed by atoms with Crippen LogP contribution in [0.15, 0.2) is 115 Å². The van der Waals surface area contributed by atoms with E-state index in [2.05, 4.69) is 21.3 Å². The van der Waals surface area contributed by atoms with Crippen molar-refractivity contribution in [3.05, 3.63) is 125 Å². The predicted molar refractivity (Wildman–Crippen MR) is 138 cm³/mol. The third kappa shape index (κ3) is 8.70. The van der Waals surface area contributed by atoms with Gasteiger partial charge in [-0.25, -0.2) is 9.59 Å². The number of para-hydroxylation sites is 3. The Hall–Kier alpha value is -5.18. The molecule has 0 bridgehead atoms. The zero-order valence-corrected chi connectivity index (χ0v) is 18.5. The molecule has 0 aliphatic heterocycles. The molecule has 4 amide bonds. The molecule has 9 heteroatoms. The molecule has 0 aliphatic rings. The second kappa shape index (κ2) is 12.8. The largest absolute Gasteiger partial charge is 0.323 e. The van der Waals surface area contributed by atoms with Crippen molar-refractivity contribution in [3.8, 4) is 0 Å². The van der Waals surface area contributed by atoms with E-state index in [-0.39, 0.29) is 11.7 Å². The molecule has 0 fully saturated rings. The Kier molecular flexibility index (Phi) is 8.91. The maximum absolute atomic E-state index is 11.7. The summed E-state index contributed by atoms with van der Waals surface area (Å²) in [7, 11) is 0. The number of non-ortho nitro benzene ring substituents is 1. The quantitative estimate of drug-likeness (QED) is 0.195. The number of carbonyl (C=O) groups excluding carboxylic acids is 2. The first-order valence-electron chi connectivity index (χ1n) is 10.6. The molecule has 176 valence electrons. The number of hydrogen-bond donors (Lipinski definition) is 4. The molecule has 4 N–H and O–H groups in total. The number of carbonyl (C=O) groups is 2. The summed E-state index contributed by atoms with van der Waals surface area (Å²) in [4.78, 5) is 33.3. The van der Waals surface area contributed by atoms with Crippen LogP contribution in [0.1, 0.15) is 0 Å². The first-order chi connectivity index (χ1) is 17.0. The molecule has 0 saturated heterocycles. The monoisotopic (exact) mass is 469 g/mol. The Morgan fingerprint density at radius 2 is 0.857 bits per heavy atom. The van der Waals surface area contributed by atoms with E-state index >= 15 is 0 Å². The van der Waals surface area contributed by atoms with Gasteiger partial charge in [0, 0.05) is 34.9 Å². The Morgan fingerprint density at radius 1 is 0.514 bits per heavy atom. The Morgan fingerprint density at radius 3 is 1.23 bits per heavy atom. The molecule has 0 saturated carbocycles. The minimum absolute atomic E-state index is 0.0717. The molecular weight excluding hydrogens is 446 g/mol. The van der Waals surface area contributed by atoms with Crippen LogP contribution in [-0.4, -0.2) is 17.0 Å². The number of rotatable bonds is 5. The molecule has 35 heavy (non-hydrogen) atoms. The number of anilines is 4. The molecule has 0 radical (unpaired) electrons. The van der Waals surface area contributed by atoms with Gasteiger partial charge in [0.2, 0.25) is 0 Å². The lowest BCUT2D eigenvalue weighted by Crippen LogP contribution is -2.19. The number of nitro benzene ring substituents is 1. The molecular formula is C26H23N5O4. The van der Waals surface area contributed by atoms with Crippen LogP contribution in [0.3, 0.4) is 0 Å². The fraction of sp³-hybridized carbons (Fsp3) is 0. The average molecular weight is 470 g/mol. The summed E-state index contributed by atoms with van der Waals surface area (Å²) in [6, 6.07) is 32.6. The second-order valence-electron chi connectivity index (χ2n) is 7.06. The maximum Gasteiger partial charge on any atom is 0.323 e. The van der Waals surface area contributed by atoms with Crippen LogP contribution in [0.4, 0.5) is 38.0 Å². The van der Waals surface area contributed by atoms with Gasteiger partial charge in [-0.2, -0.15) is 0 Å². The highest BCUT2D eigenvalue weighted by molar-refractivity contribution is 6.00. The van der Waals surface area contributed by atoms with Gasteiger partial charge in [-0.3, -0.25) is 10.1 Å². The smallest absolute Gasteiger partial charge is 0.308 e. The Bertz CT molecular complexity index is 1210. The summed E-state index contributed by atoms with van der Waals surface area (Å²) in [5.74, 6) is 0. The molecule has 4 aromatic carbocycles. The van der Waals surface area contributed by atoms with E-state index in [1.807, 2.05) is 66.7 Å². The molecule has 0 heterocycles. The van der Waals surface area contributed by atoms with Crippen molar-refractivity contribution in [2.75, 3.05) is 21.3 Å². The van der Waals surface area contributed by atoms with E-state index in [9.17, 15) is 19.7 Å². The van der Waals surface area contributed by atoms with E-state index in [1.165, 1.54) is 18.2 Å². The Labute approximate surface area is 202 Å². The van der Waals surface area contributed by atoms with Crippen LogP contribution < -0.4 is 21.3 Å². The topological polar surface area (TPSA) is 125 Å². The summed E-state index contributed by atoms with van der Waals surface area (Å²) in [5, 5.41) is 21.2. The molecule has 0 unspecified atom stereocenters. The fourth-order valence-corrected chi connectivity index (χ4v) is 2.85. The van der Waals surface area contributed by atoms with E-state index < -0.39 is 11.0 Å². The summed E-state index contributed by atoms with van der Waals surface area (Å²) < 4.78 is 0. The van der Waals surface area contributed by atoms with Crippen LogP contribution in [-0.2, 0) is 0 Å². The van der Waals surface area contributed by atoms with E-state index in [1.54, 1.807) is 30.3 Å². The van der Waals surface area contributed by atoms with Gasteiger partial charge in [0.15, 0.2) is 0 Å². The molecule has 4 aromatic rings. The molecule has 0 aromatic heterocycles. The summed E-state index contributed by atoms with van der Waals surface area (Å²) >= 11 is 0. The number of nitrogens with zero attached hydrogens (tertiary/aromatic N) is 1. The molecule has 0 spiro atoms. The van der Waals surface area contributed by atoms with Crippen molar-refractivity contribution in [1.29, 1.82) is 0 Å². The van der Waals surface area contributed by atoms with Gasteiger partial charge < -0.3 is 21.3 Å². The lowest BCUT2D eigenvalue weighted by atomic mass is 10.3. The van der Waals surface area contributed by atoms with Gasteiger partial charge >= 0.3 is 12.1 Å². The van der Waals surface area contributed by atoms with Gasteiger partial charge in [0.1, 0.15) is 0 Å². The highest BCUT2D eigenvalue weighted by Crippen LogP contribution is 2.17. The summed E-state index contributed by atoms with van der Waals surface area (Å²) in [5.41, 5.74) is 2.48. The average Bonchev–Trinajstić information content (AvgIpc) is 2.86. The zero-order chi connectivity index (χ0) is 24.9. The van der Waals surface area contributed by atoms with E-state index in [4.69, 9.17) is 0 Å².